The van der Waals surface area contributed by atoms with Crippen molar-refractivity contribution in [3.05, 3.63) is 53.2 Å². The third kappa shape index (κ3) is 5.38. The minimum absolute atomic E-state index is 0.00328. The first-order chi connectivity index (χ1) is 11.5. The monoisotopic (exact) mass is 380 g/mol. The van der Waals surface area contributed by atoms with Crippen LogP contribution in [0.5, 0.6) is 0 Å². The smallest absolute Gasteiger partial charge is 0.307 e. The fourth-order valence-electron chi connectivity index (χ4n) is 1.93. The van der Waals surface area contributed by atoms with Gasteiger partial charge in [-0.3, -0.25) is 4.79 Å². The number of carbonyl (C=O) groups is 1. The van der Waals surface area contributed by atoms with Crippen LogP contribution in [-0.2, 0) is 6.18 Å². The molecule has 0 aliphatic carbocycles. The second-order valence-electron chi connectivity index (χ2n) is 4.91. The van der Waals surface area contributed by atoms with Crippen LogP contribution in [0.3, 0.4) is 0 Å². The summed E-state index contributed by atoms with van der Waals surface area (Å²) in [6, 6.07) is 4.94. The molecule has 2 rings (SSSR count). The lowest BCUT2D eigenvalue weighted by Gasteiger charge is -2.11. The third-order valence-corrected chi connectivity index (χ3v) is 3.72. The van der Waals surface area contributed by atoms with Gasteiger partial charge in [-0.1, -0.05) is 0 Å². The SMILES string of the molecule is Cc1cc(C(F)(F)F)ccc1C(=O)Nc1ccc(SC(F)(F)F)cn1. The summed E-state index contributed by atoms with van der Waals surface area (Å²) in [7, 11) is 0. The average molecular weight is 380 g/mol. The first-order valence-corrected chi connectivity index (χ1v) is 7.48. The van der Waals surface area contributed by atoms with E-state index in [0.717, 1.165) is 30.5 Å². The number of aryl methyl sites for hydroxylation is 1. The molecule has 0 bridgehead atoms. The van der Waals surface area contributed by atoms with Crippen LogP contribution in [0.2, 0.25) is 0 Å². The van der Waals surface area contributed by atoms with Gasteiger partial charge >= 0.3 is 11.7 Å². The number of anilines is 1. The summed E-state index contributed by atoms with van der Waals surface area (Å²) >= 11 is -0.351. The number of hydrogen-bond donors (Lipinski definition) is 1. The van der Waals surface area contributed by atoms with Gasteiger partial charge in [0.1, 0.15) is 5.82 Å². The number of alkyl halides is 6. The molecule has 1 aromatic carbocycles. The molecule has 0 spiro atoms. The standard InChI is InChI=1S/C15H10F6N2OS/c1-8-6-9(14(16,17)18)2-4-11(8)13(24)23-12-5-3-10(7-22-12)25-15(19,20)21/h2-7H,1H3,(H,22,23,24). The molecule has 0 saturated heterocycles. The van der Waals surface area contributed by atoms with Crippen molar-refractivity contribution in [2.75, 3.05) is 5.32 Å². The number of thioether (sulfide) groups is 1. The molecule has 0 radical (unpaired) electrons. The van der Waals surface area contributed by atoms with Crippen molar-refractivity contribution in [2.45, 2.75) is 23.5 Å². The Morgan fingerprint density at radius 1 is 1.08 bits per heavy atom. The summed E-state index contributed by atoms with van der Waals surface area (Å²) in [6.07, 6.45) is -3.58. The van der Waals surface area contributed by atoms with Gasteiger partial charge in [0.2, 0.25) is 0 Å². The Kier molecular flexibility index (Phi) is 5.31. The first kappa shape index (κ1) is 19.1. The van der Waals surface area contributed by atoms with Gasteiger partial charge in [0.05, 0.1) is 5.56 Å². The average Bonchev–Trinajstić information content (AvgIpc) is 2.46. The molecule has 1 N–H and O–H groups in total. The van der Waals surface area contributed by atoms with Crippen LogP contribution in [0.25, 0.3) is 0 Å². The molecule has 0 atom stereocenters. The molecule has 1 heterocycles. The zero-order chi connectivity index (χ0) is 18.8. The first-order valence-electron chi connectivity index (χ1n) is 6.67. The van der Waals surface area contributed by atoms with Crippen molar-refractivity contribution in [1.29, 1.82) is 0 Å². The van der Waals surface area contributed by atoms with Gasteiger partial charge in [-0.2, -0.15) is 26.3 Å². The molecule has 0 aliphatic heterocycles. The predicted molar refractivity (Wildman–Crippen MR) is 80.3 cm³/mol. The van der Waals surface area contributed by atoms with E-state index in [2.05, 4.69) is 10.3 Å². The minimum atomic E-state index is -4.52. The highest BCUT2D eigenvalue weighted by molar-refractivity contribution is 8.00. The number of rotatable bonds is 3. The fourth-order valence-corrected chi connectivity index (χ4v) is 2.44. The molecule has 2 aromatic rings. The Bertz CT molecular complexity index is 771. The number of pyridine rings is 1. The summed E-state index contributed by atoms with van der Waals surface area (Å²) in [5.41, 5.74) is -5.22. The van der Waals surface area contributed by atoms with Gasteiger partial charge in [0.15, 0.2) is 0 Å². The maximum Gasteiger partial charge on any atom is 0.446 e. The summed E-state index contributed by atoms with van der Waals surface area (Å²) in [6.45, 7) is 1.35. The summed E-state index contributed by atoms with van der Waals surface area (Å²) in [4.78, 5) is 15.6. The molecule has 3 nitrogen and oxygen atoms in total. The van der Waals surface area contributed by atoms with Gasteiger partial charge in [0, 0.05) is 16.7 Å². The number of nitrogens with zero attached hydrogens (tertiary/aromatic N) is 1. The van der Waals surface area contributed by atoms with E-state index in [9.17, 15) is 31.1 Å². The molecule has 134 valence electrons. The van der Waals surface area contributed by atoms with Gasteiger partial charge in [-0.25, -0.2) is 4.98 Å². The molecule has 1 amide bonds. The van der Waals surface area contributed by atoms with Crippen molar-refractivity contribution in [1.82, 2.24) is 4.98 Å². The molecular weight excluding hydrogens is 370 g/mol. The zero-order valence-corrected chi connectivity index (χ0v) is 13.3. The van der Waals surface area contributed by atoms with Crippen LogP contribution < -0.4 is 5.32 Å². The van der Waals surface area contributed by atoms with E-state index in [0.29, 0.717) is 0 Å². The van der Waals surface area contributed by atoms with Gasteiger partial charge in [-0.05, 0) is 54.6 Å². The van der Waals surface area contributed by atoms with Crippen molar-refractivity contribution in [3.8, 4) is 0 Å². The lowest BCUT2D eigenvalue weighted by molar-refractivity contribution is -0.137. The summed E-state index contributed by atoms with van der Waals surface area (Å²) in [5.74, 6) is -0.731. The zero-order valence-electron chi connectivity index (χ0n) is 12.5. The number of hydrogen-bond acceptors (Lipinski definition) is 3. The van der Waals surface area contributed by atoms with E-state index in [4.69, 9.17) is 0 Å². The predicted octanol–water partition coefficient (Wildman–Crippen LogP) is 5.27. The van der Waals surface area contributed by atoms with E-state index in [1.165, 1.54) is 13.0 Å². The Balaban J connectivity index is 2.12. The Morgan fingerprint density at radius 3 is 2.24 bits per heavy atom. The molecule has 10 heteroatoms. The highest BCUT2D eigenvalue weighted by Gasteiger charge is 2.31. The summed E-state index contributed by atoms with van der Waals surface area (Å²) < 4.78 is 74.5. The van der Waals surface area contributed by atoms with E-state index in [1.54, 1.807) is 0 Å². The van der Waals surface area contributed by atoms with Crippen LogP contribution in [-0.4, -0.2) is 16.4 Å². The highest BCUT2D eigenvalue weighted by atomic mass is 32.2. The Morgan fingerprint density at radius 2 is 1.76 bits per heavy atom. The number of nitrogens with one attached hydrogen (secondary N) is 1. The topological polar surface area (TPSA) is 42.0 Å². The molecular formula is C15H10F6N2OS. The van der Waals surface area contributed by atoms with Gasteiger partial charge < -0.3 is 5.32 Å². The maximum atomic E-state index is 12.6. The quantitative estimate of drug-likeness (QED) is 0.582. The largest absolute Gasteiger partial charge is 0.446 e. The number of benzene rings is 1. The van der Waals surface area contributed by atoms with Crippen LogP contribution in [0, 0.1) is 6.92 Å². The fraction of sp³-hybridized carbons (Fsp3) is 0.200. The summed E-state index contributed by atoms with van der Waals surface area (Å²) in [5, 5.41) is 2.33. The normalized spacial score (nSPS) is 12.1. The van der Waals surface area contributed by atoms with E-state index in [-0.39, 0.29) is 33.6 Å². The Labute approximate surface area is 142 Å². The molecule has 0 saturated carbocycles. The number of aromatic nitrogens is 1. The van der Waals surface area contributed by atoms with E-state index >= 15 is 0 Å². The van der Waals surface area contributed by atoms with Gasteiger partial charge in [-0.15, -0.1) is 0 Å². The maximum absolute atomic E-state index is 12.6. The Hall–Kier alpha value is -2.23. The van der Waals surface area contributed by atoms with Crippen molar-refractivity contribution in [2.24, 2.45) is 0 Å². The van der Waals surface area contributed by atoms with Crippen molar-refractivity contribution in [3.63, 3.8) is 0 Å². The molecule has 0 unspecified atom stereocenters. The van der Waals surface area contributed by atoms with E-state index in [1.807, 2.05) is 0 Å². The van der Waals surface area contributed by atoms with Crippen LogP contribution in [0.15, 0.2) is 41.4 Å². The lowest BCUT2D eigenvalue weighted by atomic mass is 10.0. The van der Waals surface area contributed by atoms with Crippen LogP contribution in [0.4, 0.5) is 32.2 Å². The van der Waals surface area contributed by atoms with Crippen molar-refractivity contribution >= 4 is 23.5 Å². The second-order valence-corrected chi connectivity index (χ2v) is 6.05. The van der Waals surface area contributed by atoms with Crippen LogP contribution in [0.1, 0.15) is 21.5 Å². The third-order valence-electron chi connectivity index (χ3n) is 3.01. The highest BCUT2D eigenvalue weighted by Crippen LogP contribution is 2.36. The molecule has 0 fully saturated rings. The molecule has 1 aromatic heterocycles. The lowest BCUT2D eigenvalue weighted by Crippen LogP contribution is -2.15. The van der Waals surface area contributed by atoms with E-state index < -0.39 is 23.2 Å². The van der Waals surface area contributed by atoms with Crippen LogP contribution >= 0.6 is 11.8 Å². The molecule has 0 aliphatic rings. The number of halogens is 6. The molecule has 25 heavy (non-hydrogen) atoms. The minimum Gasteiger partial charge on any atom is -0.307 e. The number of carbonyl (C=O) groups excluding carboxylic acids is 1. The van der Waals surface area contributed by atoms with Gasteiger partial charge in [0.25, 0.3) is 5.91 Å². The second kappa shape index (κ2) is 6.95. The number of amides is 1. The van der Waals surface area contributed by atoms with Crippen molar-refractivity contribution < 1.29 is 31.1 Å².